The van der Waals surface area contributed by atoms with Crippen LogP contribution in [-0.4, -0.2) is 39.7 Å². The average Bonchev–Trinajstić information content (AvgIpc) is 3.03. The number of benzene rings is 1. The van der Waals surface area contributed by atoms with E-state index >= 15 is 0 Å². The van der Waals surface area contributed by atoms with Gasteiger partial charge in [0.1, 0.15) is 6.61 Å². The van der Waals surface area contributed by atoms with Crippen molar-refractivity contribution in [2.45, 2.75) is 26.9 Å². The van der Waals surface area contributed by atoms with Gasteiger partial charge in [0, 0.05) is 25.6 Å². The van der Waals surface area contributed by atoms with Crippen molar-refractivity contribution in [2.75, 3.05) is 13.7 Å². The van der Waals surface area contributed by atoms with E-state index in [4.69, 9.17) is 9.26 Å². The molecule has 0 atom stereocenters. The van der Waals surface area contributed by atoms with Crippen LogP contribution in [0.3, 0.4) is 0 Å². The van der Waals surface area contributed by atoms with Gasteiger partial charge in [-0.05, 0) is 32.0 Å². The first-order valence-electron chi connectivity index (χ1n) is 7.90. The molecule has 0 saturated carbocycles. The molecule has 25 heavy (non-hydrogen) atoms. The molecule has 1 N–H and O–H groups in total. The van der Waals surface area contributed by atoms with Gasteiger partial charge < -0.3 is 14.6 Å². The van der Waals surface area contributed by atoms with Gasteiger partial charge in [0.25, 0.3) is 5.91 Å². The maximum absolute atomic E-state index is 12.3. The predicted octanol–water partition coefficient (Wildman–Crippen LogP) is 1.75. The van der Waals surface area contributed by atoms with Crippen LogP contribution in [0.2, 0.25) is 0 Å². The minimum atomic E-state index is -0.182. The van der Waals surface area contributed by atoms with Crippen LogP contribution < -0.4 is 5.32 Å². The van der Waals surface area contributed by atoms with Crippen molar-refractivity contribution in [1.82, 2.24) is 25.4 Å². The lowest BCUT2D eigenvalue weighted by Gasteiger charge is -2.06. The first kappa shape index (κ1) is 17.0. The molecule has 1 aromatic carbocycles. The van der Waals surface area contributed by atoms with E-state index in [1.807, 2.05) is 13.8 Å². The third-order valence-electron chi connectivity index (χ3n) is 3.75. The van der Waals surface area contributed by atoms with Crippen LogP contribution in [0.15, 0.2) is 22.7 Å². The van der Waals surface area contributed by atoms with Gasteiger partial charge in [0.2, 0.25) is 5.89 Å². The number of methoxy groups -OCH3 is 1. The summed E-state index contributed by atoms with van der Waals surface area (Å²) in [5.41, 5.74) is 3.76. The Hall–Kier alpha value is -2.87. The third-order valence-corrected chi connectivity index (χ3v) is 3.75. The van der Waals surface area contributed by atoms with Crippen LogP contribution in [0, 0.1) is 13.8 Å². The van der Waals surface area contributed by atoms with Crippen LogP contribution in [0.25, 0.3) is 11.0 Å². The lowest BCUT2D eigenvalue weighted by atomic mass is 10.1. The molecule has 2 aromatic heterocycles. The van der Waals surface area contributed by atoms with Gasteiger partial charge in [-0.15, -0.1) is 0 Å². The molecule has 0 aliphatic rings. The van der Waals surface area contributed by atoms with Crippen molar-refractivity contribution in [3.63, 3.8) is 0 Å². The normalized spacial score (nSPS) is 11.0. The number of amides is 1. The van der Waals surface area contributed by atoms with E-state index in [-0.39, 0.29) is 5.91 Å². The van der Waals surface area contributed by atoms with Crippen molar-refractivity contribution in [3.8, 4) is 0 Å². The summed E-state index contributed by atoms with van der Waals surface area (Å²) < 4.78 is 10.0. The van der Waals surface area contributed by atoms with Crippen molar-refractivity contribution >= 4 is 16.9 Å². The molecule has 1 amide bonds. The van der Waals surface area contributed by atoms with Gasteiger partial charge in [0.05, 0.1) is 22.4 Å². The highest BCUT2D eigenvalue weighted by molar-refractivity contribution is 5.97. The van der Waals surface area contributed by atoms with Crippen molar-refractivity contribution in [2.24, 2.45) is 0 Å². The Labute approximate surface area is 144 Å². The highest BCUT2D eigenvalue weighted by Gasteiger charge is 2.10. The Kier molecular flexibility index (Phi) is 4.99. The van der Waals surface area contributed by atoms with Gasteiger partial charge in [-0.3, -0.25) is 4.79 Å². The predicted molar refractivity (Wildman–Crippen MR) is 90.1 cm³/mol. The molecule has 8 nitrogen and oxygen atoms in total. The number of carbonyl (C=O) groups excluding carboxylic acids is 1. The van der Waals surface area contributed by atoms with Crippen LogP contribution >= 0.6 is 0 Å². The molecule has 0 aliphatic heterocycles. The van der Waals surface area contributed by atoms with Gasteiger partial charge in [-0.25, -0.2) is 9.97 Å². The molecule has 130 valence electrons. The Morgan fingerprint density at radius 3 is 2.68 bits per heavy atom. The molecule has 3 aromatic rings. The molecule has 3 rings (SSSR count). The fourth-order valence-corrected chi connectivity index (χ4v) is 2.34. The van der Waals surface area contributed by atoms with E-state index in [0.717, 1.165) is 16.9 Å². The number of aromatic nitrogens is 4. The summed E-state index contributed by atoms with van der Waals surface area (Å²) >= 11 is 0. The third kappa shape index (κ3) is 3.97. The quantitative estimate of drug-likeness (QED) is 0.728. The van der Waals surface area contributed by atoms with Crippen molar-refractivity contribution < 1.29 is 14.1 Å². The highest BCUT2D eigenvalue weighted by atomic mass is 16.5. The molecule has 0 aliphatic carbocycles. The number of rotatable bonds is 6. The zero-order valence-corrected chi connectivity index (χ0v) is 14.4. The number of nitrogens with zero attached hydrogens (tertiary/aromatic N) is 4. The Morgan fingerprint density at radius 2 is 1.92 bits per heavy atom. The molecule has 0 bridgehead atoms. The molecule has 0 saturated heterocycles. The Morgan fingerprint density at radius 1 is 1.16 bits per heavy atom. The summed E-state index contributed by atoms with van der Waals surface area (Å²) in [6.07, 6.45) is 0.453. The highest BCUT2D eigenvalue weighted by Crippen LogP contribution is 2.14. The second kappa shape index (κ2) is 7.35. The molecular weight excluding hydrogens is 322 g/mol. The number of carbonyl (C=O) groups is 1. The molecule has 8 heteroatoms. The van der Waals surface area contributed by atoms with E-state index in [2.05, 4.69) is 25.4 Å². The summed E-state index contributed by atoms with van der Waals surface area (Å²) in [6, 6.07) is 5.29. The van der Waals surface area contributed by atoms with Crippen LogP contribution in [0.5, 0.6) is 0 Å². The van der Waals surface area contributed by atoms with Gasteiger partial charge in [-0.2, -0.15) is 4.98 Å². The lowest BCUT2D eigenvalue weighted by Crippen LogP contribution is -2.25. The number of hydrogen-bond donors (Lipinski definition) is 1. The molecule has 0 fully saturated rings. The lowest BCUT2D eigenvalue weighted by molar-refractivity contribution is 0.0953. The topological polar surface area (TPSA) is 103 Å². The first-order chi connectivity index (χ1) is 12.1. The monoisotopic (exact) mass is 341 g/mol. The average molecular weight is 341 g/mol. The van der Waals surface area contributed by atoms with Crippen LogP contribution in [0.4, 0.5) is 0 Å². The van der Waals surface area contributed by atoms with Crippen molar-refractivity contribution in [1.29, 1.82) is 0 Å². The SMILES string of the molecule is COCc1noc(CCNC(=O)c2ccc3nc(C)c(C)nc3c2)n1. The second-order valence-corrected chi connectivity index (χ2v) is 5.64. The van der Waals surface area contributed by atoms with E-state index in [0.29, 0.717) is 42.4 Å². The second-order valence-electron chi connectivity index (χ2n) is 5.64. The summed E-state index contributed by atoms with van der Waals surface area (Å²) in [7, 11) is 1.56. The largest absolute Gasteiger partial charge is 0.377 e. The first-order valence-corrected chi connectivity index (χ1v) is 7.90. The van der Waals surface area contributed by atoms with Crippen LogP contribution in [0.1, 0.15) is 33.5 Å². The van der Waals surface area contributed by atoms with Gasteiger partial charge in [0.15, 0.2) is 5.82 Å². The Bertz CT molecular complexity index is 906. The number of fused-ring (bicyclic) bond motifs is 1. The number of ether oxygens (including phenoxy) is 1. The maximum atomic E-state index is 12.3. The molecule has 0 unspecified atom stereocenters. The molecule has 2 heterocycles. The van der Waals surface area contributed by atoms with E-state index in [9.17, 15) is 4.79 Å². The van der Waals surface area contributed by atoms with Crippen molar-refractivity contribution in [3.05, 3.63) is 46.9 Å². The molecular formula is C17H19N5O3. The molecule has 0 spiro atoms. The van der Waals surface area contributed by atoms with E-state index in [1.54, 1.807) is 25.3 Å². The van der Waals surface area contributed by atoms with Crippen LogP contribution in [-0.2, 0) is 17.8 Å². The fourth-order valence-electron chi connectivity index (χ4n) is 2.34. The number of nitrogens with one attached hydrogen (secondary N) is 1. The summed E-state index contributed by atoms with van der Waals surface area (Å²) in [6.45, 7) is 4.51. The number of aryl methyl sites for hydroxylation is 2. The van der Waals surface area contributed by atoms with E-state index < -0.39 is 0 Å². The number of hydrogen-bond acceptors (Lipinski definition) is 7. The summed E-state index contributed by atoms with van der Waals surface area (Å²) in [4.78, 5) is 25.4. The molecule has 0 radical (unpaired) electrons. The summed E-state index contributed by atoms with van der Waals surface area (Å²) in [5, 5.41) is 6.61. The summed E-state index contributed by atoms with van der Waals surface area (Å²) in [5.74, 6) is 0.768. The van der Waals surface area contributed by atoms with Gasteiger partial charge >= 0.3 is 0 Å². The Balaban J connectivity index is 1.62. The maximum Gasteiger partial charge on any atom is 0.251 e. The van der Waals surface area contributed by atoms with E-state index in [1.165, 1.54) is 0 Å². The fraction of sp³-hybridized carbons (Fsp3) is 0.353. The smallest absolute Gasteiger partial charge is 0.251 e. The van der Waals surface area contributed by atoms with Gasteiger partial charge in [-0.1, -0.05) is 5.16 Å². The zero-order chi connectivity index (χ0) is 17.8. The minimum absolute atomic E-state index is 0.182. The minimum Gasteiger partial charge on any atom is -0.377 e. The zero-order valence-electron chi connectivity index (χ0n) is 14.4. The standard InChI is InChI=1S/C17H19N5O3/c1-10-11(2)20-14-8-12(4-5-13(14)19-10)17(23)18-7-6-16-21-15(9-24-3)22-25-16/h4-5,8H,6-7,9H2,1-3H3,(H,18,23).